The molecule has 21 heavy (non-hydrogen) atoms. The first-order valence-corrected chi connectivity index (χ1v) is 5.91. The van der Waals surface area contributed by atoms with Crippen molar-refractivity contribution in [2.45, 2.75) is 20.0 Å². The lowest BCUT2D eigenvalue weighted by Gasteiger charge is -2.12. The molecule has 0 saturated heterocycles. The molecule has 1 heterocycles. The van der Waals surface area contributed by atoms with Crippen molar-refractivity contribution < 1.29 is 22.5 Å². The maximum Gasteiger partial charge on any atom is 0.418 e. The van der Waals surface area contributed by atoms with Crippen molar-refractivity contribution in [2.75, 3.05) is 11.1 Å². The summed E-state index contributed by atoms with van der Waals surface area (Å²) in [5.41, 5.74) is 4.64. The van der Waals surface area contributed by atoms with Crippen LogP contribution in [-0.2, 0) is 6.18 Å². The van der Waals surface area contributed by atoms with E-state index in [0.717, 1.165) is 12.1 Å². The van der Waals surface area contributed by atoms with Gasteiger partial charge in [0.2, 0.25) is 5.88 Å². The monoisotopic (exact) mass is 299 g/mol. The summed E-state index contributed by atoms with van der Waals surface area (Å²) in [4.78, 5) is 12.0. The number of nitrogen functional groups attached to an aromatic ring is 1. The molecule has 1 aromatic heterocycles. The third kappa shape index (κ3) is 2.83. The van der Waals surface area contributed by atoms with Crippen molar-refractivity contribution in [1.29, 1.82) is 0 Å². The number of rotatable bonds is 2. The Balaban J connectivity index is 2.34. The zero-order valence-corrected chi connectivity index (χ0v) is 11.2. The summed E-state index contributed by atoms with van der Waals surface area (Å²) in [5.74, 6) is -0.716. The Morgan fingerprint density at radius 3 is 2.52 bits per heavy atom. The van der Waals surface area contributed by atoms with Crippen LogP contribution in [-0.4, -0.2) is 11.1 Å². The molecule has 3 N–H and O–H groups in total. The molecule has 0 saturated carbocycles. The molecular weight excluding hydrogens is 287 g/mol. The second-order valence-corrected chi connectivity index (χ2v) is 4.44. The van der Waals surface area contributed by atoms with Crippen LogP contribution in [0.3, 0.4) is 0 Å². The summed E-state index contributed by atoms with van der Waals surface area (Å²) >= 11 is 0. The van der Waals surface area contributed by atoms with Gasteiger partial charge < -0.3 is 10.3 Å². The Kier molecular flexibility index (Phi) is 3.63. The maximum absolute atomic E-state index is 12.7. The fraction of sp³-hybridized carbons (Fsp3) is 0.231. The van der Waals surface area contributed by atoms with Gasteiger partial charge in [-0.15, -0.1) is 0 Å². The normalized spacial score (nSPS) is 11.5. The highest BCUT2D eigenvalue weighted by atomic mass is 19.4. The van der Waals surface area contributed by atoms with Gasteiger partial charge in [-0.05, 0) is 26.0 Å². The largest absolute Gasteiger partial charge is 0.418 e. The van der Waals surface area contributed by atoms with E-state index in [1.54, 1.807) is 13.8 Å². The van der Waals surface area contributed by atoms with Crippen LogP contribution in [0.4, 0.5) is 24.7 Å². The lowest BCUT2D eigenvalue weighted by molar-refractivity contribution is -0.136. The van der Waals surface area contributed by atoms with Gasteiger partial charge in [-0.3, -0.25) is 10.1 Å². The number of aromatic nitrogens is 1. The highest BCUT2D eigenvalue weighted by molar-refractivity contribution is 6.07. The predicted molar refractivity (Wildman–Crippen MR) is 69.8 cm³/mol. The van der Waals surface area contributed by atoms with Gasteiger partial charge in [-0.25, -0.2) is 0 Å². The number of nitrogens with two attached hydrogens (primary N) is 1. The van der Waals surface area contributed by atoms with Gasteiger partial charge in [0, 0.05) is 5.56 Å². The van der Waals surface area contributed by atoms with Gasteiger partial charge in [0.1, 0.15) is 0 Å². The Bertz CT molecular complexity index is 692. The number of hydrogen-bond acceptors (Lipinski definition) is 4. The van der Waals surface area contributed by atoms with E-state index in [-0.39, 0.29) is 11.4 Å². The van der Waals surface area contributed by atoms with Crippen LogP contribution < -0.4 is 11.1 Å². The third-order valence-electron chi connectivity index (χ3n) is 3.04. The smallest absolute Gasteiger partial charge is 0.398 e. The summed E-state index contributed by atoms with van der Waals surface area (Å²) in [5, 5.41) is 5.99. The molecule has 0 aliphatic heterocycles. The van der Waals surface area contributed by atoms with Gasteiger partial charge in [0.05, 0.1) is 22.5 Å². The number of hydrogen-bond donors (Lipinski definition) is 2. The lowest BCUT2D eigenvalue weighted by atomic mass is 10.1. The molecular formula is C13H12F3N3O2. The fourth-order valence-corrected chi connectivity index (χ4v) is 1.71. The van der Waals surface area contributed by atoms with Crippen LogP contribution in [0.15, 0.2) is 22.7 Å². The Hall–Kier alpha value is -2.51. The highest BCUT2D eigenvalue weighted by Crippen LogP contribution is 2.35. The molecule has 1 amide bonds. The molecule has 8 heteroatoms. The molecule has 5 nitrogen and oxygen atoms in total. The molecule has 112 valence electrons. The van der Waals surface area contributed by atoms with Gasteiger partial charge in [-0.1, -0.05) is 11.2 Å². The first kappa shape index (κ1) is 14.9. The van der Waals surface area contributed by atoms with Crippen LogP contribution in [0.5, 0.6) is 0 Å². The number of nitrogens with one attached hydrogen (secondary N) is 1. The number of halogens is 3. The Morgan fingerprint density at radius 1 is 1.33 bits per heavy atom. The average molecular weight is 299 g/mol. The number of nitrogens with zero attached hydrogens (tertiary/aromatic N) is 1. The zero-order valence-electron chi connectivity index (χ0n) is 11.2. The first-order valence-electron chi connectivity index (χ1n) is 5.91. The maximum atomic E-state index is 12.7. The van der Waals surface area contributed by atoms with E-state index in [1.807, 2.05) is 0 Å². The van der Waals surface area contributed by atoms with E-state index in [2.05, 4.69) is 10.5 Å². The second kappa shape index (κ2) is 5.12. The van der Waals surface area contributed by atoms with Crippen LogP contribution in [0.25, 0.3) is 0 Å². The number of alkyl halides is 3. The highest BCUT2D eigenvalue weighted by Gasteiger charge is 2.34. The molecule has 0 aliphatic carbocycles. The number of amides is 1. The van der Waals surface area contributed by atoms with Gasteiger partial charge >= 0.3 is 6.18 Å². The van der Waals surface area contributed by atoms with Gasteiger partial charge in [0.15, 0.2) is 0 Å². The standard InChI is InChI=1S/C13H12F3N3O2/c1-6-7(2)19-21-12(6)18-11(20)8-4-3-5-9(10(8)17)13(14,15)16/h3-5H,17H2,1-2H3,(H,18,20). The molecule has 1 aromatic carbocycles. The summed E-state index contributed by atoms with van der Waals surface area (Å²) in [7, 11) is 0. The van der Waals surface area contributed by atoms with E-state index < -0.39 is 23.3 Å². The topological polar surface area (TPSA) is 81.2 Å². The number of anilines is 2. The molecule has 2 rings (SSSR count). The Labute approximate surface area is 117 Å². The van der Waals surface area contributed by atoms with E-state index in [4.69, 9.17) is 10.3 Å². The molecule has 2 aromatic rings. The summed E-state index contributed by atoms with van der Waals surface area (Å²) in [6.45, 7) is 3.34. The zero-order chi connectivity index (χ0) is 15.8. The van der Waals surface area contributed by atoms with Crippen LogP contribution in [0.2, 0.25) is 0 Å². The molecule has 0 spiro atoms. The van der Waals surface area contributed by atoms with Crippen molar-refractivity contribution in [3.63, 3.8) is 0 Å². The van der Waals surface area contributed by atoms with E-state index in [9.17, 15) is 18.0 Å². The van der Waals surface area contributed by atoms with Crippen molar-refractivity contribution >= 4 is 17.5 Å². The van der Waals surface area contributed by atoms with Crippen molar-refractivity contribution in [3.8, 4) is 0 Å². The minimum atomic E-state index is -4.63. The number of aryl methyl sites for hydroxylation is 1. The van der Waals surface area contributed by atoms with Crippen LogP contribution in [0, 0.1) is 13.8 Å². The summed E-state index contributed by atoms with van der Waals surface area (Å²) in [6, 6.07) is 3.14. The van der Waals surface area contributed by atoms with Crippen molar-refractivity contribution in [1.82, 2.24) is 5.16 Å². The molecule has 0 bridgehead atoms. The third-order valence-corrected chi connectivity index (χ3v) is 3.04. The number of carbonyl (C=O) groups excluding carboxylic acids is 1. The minimum absolute atomic E-state index is 0.0781. The van der Waals surface area contributed by atoms with Gasteiger partial charge in [0.25, 0.3) is 5.91 Å². The van der Waals surface area contributed by atoms with Crippen molar-refractivity contribution in [2.24, 2.45) is 0 Å². The second-order valence-electron chi connectivity index (χ2n) is 4.44. The first-order chi connectivity index (χ1) is 9.71. The van der Waals surface area contributed by atoms with E-state index in [0.29, 0.717) is 11.3 Å². The quantitative estimate of drug-likeness (QED) is 0.835. The van der Waals surface area contributed by atoms with Crippen LogP contribution >= 0.6 is 0 Å². The molecule has 0 aliphatic rings. The number of para-hydroxylation sites is 1. The van der Waals surface area contributed by atoms with E-state index in [1.165, 1.54) is 6.07 Å². The minimum Gasteiger partial charge on any atom is -0.398 e. The Morgan fingerprint density at radius 2 is 2.00 bits per heavy atom. The lowest BCUT2D eigenvalue weighted by Crippen LogP contribution is -2.17. The summed E-state index contributed by atoms with van der Waals surface area (Å²) in [6.07, 6.45) is -4.63. The number of carbonyl (C=O) groups is 1. The van der Waals surface area contributed by atoms with Gasteiger partial charge in [-0.2, -0.15) is 13.2 Å². The molecule has 0 fully saturated rings. The van der Waals surface area contributed by atoms with Crippen molar-refractivity contribution in [3.05, 3.63) is 40.6 Å². The molecule has 0 radical (unpaired) electrons. The van der Waals surface area contributed by atoms with E-state index >= 15 is 0 Å². The van der Waals surface area contributed by atoms with Crippen LogP contribution in [0.1, 0.15) is 27.2 Å². The summed E-state index contributed by atoms with van der Waals surface area (Å²) < 4.78 is 43.1. The predicted octanol–water partition coefficient (Wildman–Crippen LogP) is 3.14. The number of benzene rings is 1. The fourth-order valence-electron chi connectivity index (χ4n) is 1.71. The average Bonchev–Trinajstić information content (AvgIpc) is 2.69. The molecule has 0 atom stereocenters. The SMILES string of the molecule is Cc1noc(NC(=O)c2cccc(C(F)(F)F)c2N)c1C. The molecule has 0 unspecified atom stereocenters.